The second-order valence-electron chi connectivity index (χ2n) is 4.38. The zero-order valence-corrected chi connectivity index (χ0v) is 13.4. The van der Waals surface area contributed by atoms with Crippen LogP contribution in [0.4, 0.5) is 27.8 Å². The lowest BCUT2D eigenvalue weighted by molar-refractivity contribution is -0.137. The van der Waals surface area contributed by atoms with Crippen LogP contribution in [0.1, 0.15) is 17.7 Å². The van der Waals surface area contributed by atoms with Gasteiger partial charge in [0.05, 0.1) is 10.6 Å². The van der Waals surface area contributed by atoms with Crippen molar-refractivity contribution in [1.82, 2.24) is 15.0 Å². The molecule has 0 unspecified atom stereocenters. The third kappa shape index (κ3) is 4.91. The summed E-state index contributed by atoms with van der Waals surface area (Å²) in [6.45, 7) is 0.298. The van der Waals surface area contributed by atoms with E-state index in [0.717, 1.165) is 18.6 Å². The lowest BCUT2D eigenvalue weighted by Crippen LogP contribution is -2.08. The molecule has 0 aliphatic heterocycles. The average Bonchev–Trinajstić information content (AvgIpc) is 2.52. The van der Waals surface area contributed by atoms with Crippen molar-refractivity contribution in [3.8, 4) is 0 Å². The van der Waals surface area contributed by atoms with Crippen LogP contribution in [0.2, 0.25) is 5.02 Å². The van der Waals surface area contributed by atoms with Crippen molar-refractivity contribution in [3.63, 3.8) is 0 Å². The molecule has 2 aromatic heterocycles. The standard InChI is InChI=1S/C13H10ClF5N4S/c14-9-10(11(15)16)22-6-23-12(9)20-3-4-24-8-2-1-7(5-21-8)13(17,18)19/h1-2,5-6,11H,3-4H2,(H,20,22,23). The van der Waals surface area contributed by atoms with Crippen molar-refractivity contribution >= 4 is 29.2 Å². The molecule has 24 heavy (non-hydrogen) atoms. The van der Waals surface area contributed by atoms with E-state index >= 15 is 0 Å². The molecule has 0 amide bonds. The highest BCUT2D eigenvalue weighted by molar-refractivity contribution is 7.99. The van der Waals surface area contributed by atoms with Crippen molar-refractivity contribution in [3.05, 3.63) is 40.9 Å². The van der Waals surface area contributed by atoms with Crippen LogP contribution in [0.25, 0.3) is 0 Å². The Hall–Kier alpha value is -1.68. The van der Waals surface area contributed by atoms with E-state index in [4.69, 9.17) is 11.6 Å². The Labute approximate surface area is 142 Å². The number of halogens is 6. The van der Waals surface area contributed by atoms with Gasteiger partial charge in [0, 0.05) is 18.5 Å². The molecule has 0 aliphatic rings. The molecule has 0 saturated carbocycles. The quantitative estimate of drug-likeness (QED) is 0.445. The molecule has 0 spiro atoms. The third-order valence-electron chi connectivity index (χ3n) is 2.73. The summed E-state index contributed by atoms with van der Waals surface area (Å²) in [7, 11) is 0. The summed E-state index contributed by atoms with van der Waals surface area (Å²) in [4.78, 5) is 10.9. The maximum atomic E-state index is 12.6. The fraction of sp³-hybridized carbons (Fsp3) is 0.308. The van der Waals surface area contributed by atoms with Crippen LogP contribution >= 0.6 is 23.4 Å². The number of hydrogen-bond donors (Lipinski definition) is 1. The molecular weight excluding hydrogens is 375 g/mol. The first kappa shape index (κ1) is 18.7. The minimum Gasteiger partial charge on any atom is -0.368 e. The molecule has 2 heterocycles. The van der Waals surface area contributed by atoms with E-state index in [0.29, 0.717) is 17.3 Å². The Morgan fingerprint density at radius 2 is 1.92 bits per heavy atom. The number of thioether (sulfide) groups is 1. The first-order valence-corrected chi connectivity index (χ1v) is 7.84. The number of anilines is 1. The van der Waals surface area contributed by atoms with Gasteiger partial charge in [-0.15, -0.1) is 11.8 Å². The molecule has 0 radical (unpaired) electrons. The first-order valence-electron chi connectivity index (χ1n) is 6.47. The number of aromatic nitrogens is 3. The van der Waals surface area contributed by atoms with E-state index in [9.17, 15) is 22.0 Å². The van der Waals surface area contributed by atoms with Gasteiger partial charge in [0.15, 0.2) is 0 Å². The summed E-state index contributed by atoms with van der Waals surface area (Å²) < 4.78 is 62.5. The Morgan fingerprint density at radius 1 is 1.17 bits per heavy atom. The molecule has 130 valence electrons. The SMILES string of the molecule is FC(F)c1ncnc(NCCSc2ccc(C(F)(F)F)cn2)c1Cl. The molecular formula is C13H10ClF5N4S. The van der Waals surface area contributed by atoms with Crippen molar-refractivity contribution in [1.29, 1.82) is 0 Å². The molecule has 0 bridgehead atoms. The van der Waals surface area contributed by atoms with Crippen molar-refractivity contribution in [2.45, 2.75) is 17.6 Å². The topological polar surface area (TPSA) is 50.7 Å². The summed E-state index contributed by atoms with van der Waals surface area (Å²) in [5.41, 5.74) is -1.39. The Morgan fingerprint density at radius 3 is 2.50 bits per heavy atom. The third-order valence-corrected chi connectivity index (χ3v) is 4.05. The summed E-state index contributed by atoms with van der Waals surface area (Å²) >= 11 is 6.97. The van der Waals surface area contributed by atoms with Gasteiger partial charge in [-0.05, 0) is 12.1 Å². The van der Waals surface area contributed by atoms with Gasteiger partial charge >= 0.3 is 6.18 Å². The molecule has 2 aromatic rings. The van der Waals surface area contributed by atoms with Gasteiger partial charge in [0.25, 0.3) is 6.43 Å². The zero-order chi connectivity index (χ0) is 17.7. The highest BCUT2D eigenvalue weighted by Crippen LogP contribution is 2.30. The summed E-state index contributed by atoms with van der Waals surface area (Å²) in [5, 5.41) is 2.92. The van der Waals surface area contributed by atoms with Crippen LogP contribution in [-0.4, -0.2) is 27.2 Å². The van der Waals surface area contributed by atoms with Gasteiger partial charge in [-0.1, -0.05) is 11.6 Å². The molecule has 0 saturated heterocycles. The molecule has 0 fully saturated rings. The lowest BCUT2D eigenvalue weighted by Gasteiger charge is -2.09. The molecule has 0 aromatic carbocycles. The van der Waals surface area contributed by atoms with E-state index in [-0.39, 0.29) is 10.8 Å². The van der Waals surface area contributed by atoms with E-state index in [1.165, 1.54) is 17.8 Å². The summed E-state index contributed by atoms with van der Waals surface area (Å²) in [6, 6.07) is 2.21. The van der Waals surface area contributed by atoms with Crippen LogP contribution in [0.15, 0.2) is 29.7 Å². The monoisotopic (exact) mass is 384 g/mol. The molecule has 0 aliphatic carbocycles. The van der Waals surface area contributed by atoms with Crippen molar-refractivity contribution in [2.24, 2.45) is 0 Å². The normalized spacial score (nSPS) is 11.8. The van der Waals surface area contributed by atoms with Crippen molar-refractivity contribution < 1.29 is 22.0 Å². The van der Waals surface area contributed by atoms with Gasteiger partial charge in [-0.2, -0.15) is 13.2 Å². The molecule has 11 heteroatoms. The largest absolute Gasteiger partial charge is 0.417 e. The fourth-order valence-corrected chi connectivity index (χ4v) is 2.57. The second-order valence-corrected chi connectivity index (χ2v) is 5.87. The molecule has 0 atom stereocenters. The Balaban J connectivity index is 1.86. The lowest BCUT2D eigenvalue weighted by atomic mass is 10.3. The highest BCUT2D eigenvalue weighted by Gasteiger charge is 2.30. The molecule has 4 nitrogen and oxygen atoms in total. The van der Waals surface area contributed by atoms with E-state index in [1.807, 2.05) is 0 Å². The maximum absolute atomic E-state index is 12.6. The van der Waals surface area contributed by atoms with Gasteiger partial charge < -0.3 is 5.32 Å². The molecule has 2 rings (SSSR count). The van der Waals surface area contributed by atoms with Gasteiger partial charge in [-0.3, -0.25) is 0 Å². The van der Waals surface area contributed by atoms with Gasteiger partial charge in [-0.25, -0.2) is 23.7 Å². The smallest absolute Gasteiger partial charge is 0.368 e. The van der Waals surface area contributed by atoms with E-state index < -0.39 is 23.9 Å². The summed E-state index contributed by atoms with van der Waals surface area (Å²) in [5.74, 6) is 0.492. The van der Waals surface area contributed by atoms with E-state index in [2.05, 4.69) is 20.3 Å². The number of nitrogens with one attached hydrogen (secondary N) is 1. The Kier molecular flexibility index (Phi) is 6.16. The number of hydrogen-bond acceptors (Lipinski definition) is 5. The number of pyridine rings is 1. The van der Waals surface area contributed by atoms with Crippen LogP contribution in [0.3, 0.4) is 0 Å². The Bertz CT molecular complexity index is 681. The van der Waals surface area contributed by atoms with Gasteiger partial charge in [0.1, 0.15) is 22.9 Å². The minimum absolute atomic E-state index is 0.0722. The second kappa shape index (κ2) is 7.93. The number of nitrogens with zero attached hydrogens (tertiary/aromatic N) is 3. The van der Waals surface area contributed by atoms with E-state index in [1.54, 1.807) is 0 Å². The summed E-state index contributed by atoms with van der Waals surface area (Å²) in [6.07, 6.45) is -5.51. The minimum atomic E-state index is -4.43. The first-order chi connectivity index (χ1) is 11.3. The molecule has 1 N–H and O–H groups in total. The maximum Gasteiger partial charge on any atom is 0.417 e. The predicted molar refractivity (Wildman–Crippen MR) is 80.5 cm³/mol. The van der Waals surface area contributed by atoms with Crippen LogP contribution in [0, 0.1) is 0 Å². The number of rotatable bonds is 6. The van der Waals surface area contributed by atoms with Crippen LogP contribution in [0.5, 0.6) is 0 Å². The predicted octanol–water partition coefficient (Wildman–Crippen LogP) is 4.69. The van der Waals surface area contributed by atoms with Crippen LogP contribution < -0.4 is 5.32 Å². The fourth-order valence-electron chi connectivity index (χ4n) is 1.62. The van der Waals surface area contributed by atoms with Gasteiger partial charge in [0.2, 0.25) is 0 Å². The average molecular weight is 385 g/mol. The zero-order valence-electron chi connectivity index (χ0n) is 11.8. The van der Waals surface area contributed by atoms with Crippen molar-refractivity contribution in [2.75, 3.05) is 17.6 Å². The van der Waals surface area contributed by atoms with Crippen LogP contribution in [-0.2, 0) is 6.18 Å². The number of alkyl halides is 5. The highest BCUT2D eigenvalue weighted by atomic mass is 35.5.